The number of benzene rings is 1. The molecule has 1 aromatic rings. The molecule has 3 nitrogen and oxygen atoms in total. The van der Waals surface area contributed by atoms with Gasteiger partial charge in [0.15, 0.2) is 0 Å². The number of rotatable bonds is 6. The number of ether oxygens (including phenoxy) is 1. The van der Waals surface area contributed by atoms with Gasteiger partial charge in [0.25, 0.3) is 0 Å². The Balaban J connectivity index is 2.70. The summed E-state index contributed by atoms with van der Waals surface area (Å²) < 4.78 is 4.68. The van der Waals surface area contributed by atoms with E-state index in [1.165, 1.54) is 7.11 Å². The molecule has 92 valence electrons. The van der Waals surface area contributed by atoms with Crippen LogP contribution in [-0.4, -0.2) is 26.7 Å². The third-order valence-electron chi connectivity index (χ3n) is 2.48. The van der Waals surface area contributed by atoms with E-state index in [1.54, 1.807) is 0 Å². The van der Waals surface area contributed by atoms with Crippen LogP contribution in [0.1, 0.15) is 17.5 Å². The molecule has 0 saturated carbocycles. The van der Waals surface area contributed by atoms with Crippen LogP contribution in [0.4, 0.5) is 0 Å². The van der Waals surface area contributed by atoms with Crippen LogP contribution in [0.15, 0.2) is 30.3 Å². The van der Waals surface area contributed by atoms with Gasteiger partial charge in [-0.3, -0.25) is 4.79 Å². The fraction of sp³-hybridized carbons (Fsp3) is 0.357. The molecule has 0 atom stereocenters. The Hall–Kier alpha value is -1.61. The van der Waals surface area contributed by atoms with Crippen molar-refractivity contribution in [3.8, 4) is 0 Å². The topological polar surface area (TPSA) is 38.3 Å². The Kier molecular flexibility index (Phi) is 6.04. The molecule has 0 aromatic heterocycles. The van der Waals surface area contributed by atoms with Gasteiger partial charge >= 0.3 is 5.97 Å². The molecule has 0 spiro atoms. The van der Waals surface area contributed by atoms with Gasteiger partial charge in [-0.2, -0.15) is 0 Å². The molecular formula is C14H19NO2. The molecule has 3 heteroatoms. The van der Waals surface area contributed by atoms with Crippen molar-refractivity contribution in [1.29, 1.82) is 0 Å². The summed E-state index contributed by atoms with van der Waals surface area (Å²) in [6.07, 6.45) is 5.45. The van der Waals surface area contributed by atoms with Crippen molar-refractivity contribution >= 4 is 12.0 Å². The predicted octanol–water partition coefficient (Wildman–Crippen LogP) is 2.02. The third kappa shape index (κ3) is 4.83. The fourth-order valence-corrected chi connectivity index (χ4v) is 1.52. The molecule has 0 heterocycles. The molecule has 0 unspecified atom stereocenters. The van der Waals surface area contributed by atoms with E-state index in [0.717, 1.165) is 24.1 Å². The van der Waals surface area contributed by atoms with Crippen LogP contribution in [0, 0.1) is 0 Å². The van der Waals surface area contributed by atoms with E-state index in [2.05, 4.69) is 22.2 Å². The lowest BCUT2D eigenvalue weighted by Crippen LogP contribution is -2.06. The van der Waals surface area contributed by atoms with Crippen molar-refractivity contribution in [2.45, 2.75) is 12.8 Å². The van der Waals surface area contributed by atoms with Crippen LogP contribution in [0.2, 0.25) is 0 Å². The van der Waals surface area contributed by atoms with Crippen LogP contribution in [0.5, 0.6) is 0 Å². The zero-order valence-electron chi connectivity index (χ0n) is 10.4. The average molecular weight is 233 g/mol. The smallest absolute Gasteiger partial charge is 0.309 e. The Morgan fingerprint density at radius 3 is 2.88 bits per heavy atom. The van der Waals surface area contributed by atoms with Crippen molar-refractivity contribution in [1.82, 2.24) is 5.32 Å². The molecule has 17 heavy (non-hydrogen) atoms. The lowest BCUT2D eigenvalue weighted by atomic mass is 10.0. The standard InChI is InChI=1S/C14H19NO2/c1-15-10-6-5-8-12-7-3-4-9-13(12)11-14(16)17-2/h3-5,7-9,15H,6,10-11H2,1-2H3. The number of hydrogen-bond acceptors (Lipinski definition) is 3. The minimum atomic E-state index is -0.207. The molecule has 0 fully saturated rings. The summed E-state index contributed by atoms with van der Waals surface area (Å²) in [5, 5.41) is 3.08. The van der Waals surface area contributed by atoms with E-state index >= 15 is 0 Å². The summed E-state index contributed by atoms with van der Waals surface area (Å²) in [6, 6.07) is 7.87. The van der Waals surface area contributed by atoms with E-state index in [4.69, 9.17) is 0 Å². The van der Waals surface area contributed by atoms with Crippen LogP contribution in [0.25, 0.3) is 6.08 Å². The maximum Gasteiger partial charge on any atom is 0.309 e. The van der Waals surface area contributed by atoms with Crippen molar-refractivity contribution in [2.24, 2.45) is 0 Å². The van der Waals surface area contributed by atoms with Gasteiger partial charge in [-0.25, -0.2) is 0 Å². The second-order valence-corrected chi connectivity index (χ2v) is 3.75. The minimum Gasteiger partial charge on any atom is -0.469 e. The van der Waals surface area contributed by atoms with Gasteiger partial charge in [0.1, 0.15) is 0 Å². The Labute approximate surface area is 102 Å². The van der Waals surface area contributed by atoms with Crippen molar-refractivity contribution in [2.75, 3.05) is 20.7 Å². The largest absolute Gasteiger partial charge is 0.469 e. The van der Waals surface area contributed by atoms with Gasteiger partial charge in [-0.1, -0.05) is 36.4 Å². The lowest BCUT2D eigenvalue weighted by Gasteiger charge is -2.04. The number of esters is 1. The third-order valence-corrected chi connectivity index (χ3v) is 2.48. The summed E-state index contributed by atoms with van der Waals surface area (Å²) in [7, 11) is 3.34. The monoisotopic (exact) mass is 233 g/mol. The van der Waals surface area contributed by atoms with Gasteiger partial charge in [0, 0.05) is 0 Å². The van der Waals surface area contributed by atoms with Gasteiger partial charge in [-0.05, 0) is 31.1 Å². The first-order valence-corrected chi connectivity index (χ1v) is 5.73. The molecule has 1 N–H and O–H groups in total. The number of carbonyl (C=O) groups excluding carboxylic acids is 1. The molecule has 1 aromatic carbocycles. The Bertz CT molecular complexity index is 386. The summed E-state index contributed by atoms with van der Waals surface area (Å²) in [6.45, 7) is 0.954. The summed E-state index contributed by atoms with van der Waals surface area (Å²) >= 11 is 0. The molecule has 0 aliphatic heterocycles. The van der Waals surface area contributed by atoms with Gasteiger partial charge in [0.2, 0.25) is 0 Å². The van der Waals surface area contributed by atoms with E-state index in [-0.39, 0.29) is 5.97 Å². The first-order chi connectivity index (χ1) is 8.27. The molecule has 1 rings (SSSR count). The Morgan fingerprint density at radius 2 is 2.18 bits per heavy atom. The van der Waals surface area contributed by atoms with Crippen LogP contribution >= 0.6 is 0 Å². The number of hydrogen-bond donors (Lipinski definition) is 1. The zero-order valence-corrected chi connectivity index (χ0v) is 10.4. The van der Waals surface area contributed by atoms with E-state index in [9.17, 15) is 4.79 Å². The van der Waals surface area contributed by atoms with Crippen molar-refractivity contribution < 1.29 is 9.53 Å². The average Bonchev–Trinajstić information content (AvgIpc) is 2.36. The summed E-state index contributed by atoms with van der Waals surface area (Å²) in [4.78, 5) is 11.3. The highest BCUT2D eigenvalue weighted by atomic mass is 16.5. The van der Waals surface area contributed by atoms with E-state index < -0.39 is 0 Å². The summed E-state index contributed by atoms with van der Waals surface area (Å²) in [5.74, 6) is -0.207. The predicted molar refractivity (Wildman–Crippen MR) is 69.7 cm³/mol. The zero-order chi connectivity index (χ0) is 12.5. The highest BCUT2D eigenvalue weighted by molar-refractivity contribution is 5.74. The first-order valence-electron chi connectivity index (χ1n) is 5.73. The molecule has 0 saturated heterocycles. The highest BCUT2D eigenvalue weighted by Gasteiger charge is 2.05. The number of carbonyl (C=O) groups is 1. The molecule has 0 bridgehead atoms. The summed E-state index contributed by atoms with van der Waals surface area (Å²) in [5.41, 5.74) is 2.08. The van der Waals surface area contributed by atoms with Gasteiger partial charge in [0.05, 0.1) is 13.5 Å². The quantitative estimate of drug-likeness (QED) is 0.603. The molecule has 0 amide bonds. The SMILES string of the molecule is CNCCC=Cc1ccccc1CC(=O)OC. The fourth-order valence-electron chi connectivity index (χ4n) is 1.52. The highest BCUT2D eigenvalue weighted by Crippen LogP contribution is 2.12. The lowest BCUT2D eigenvalue weighted by molar-refractivity contribution is -0.139. The molecular weight excluding hydrogens is 214 g/mol. The van der Waals surface area contributed by atoms with Gasteiger partial charge < -0.3 is 10.1 Å². The van der Waals surface area contributed by atoms with Crippen LogP contribution in [-0.2, 0) is 16.0 Å². The normalized spacial score (nSPS) is 10.7. The number of methoxy groups -OCH3 is 1. The first kappa shape index (κ1) is 13.5. The van der Waals surface area contributed by atoms with E-state index in [0.29, 0.717) is 6.42 Å². The Morgan fingerprint density at radius 1 is 1.41 bits per heavy atom. The molecule has 0 aliphatic rings. The molecule has 0 radical (unpaired) electrons. The van der Waals surface area contributed by atoms with Gasteiger partial charge in [-0.15, -0.1) is 0 Å². The second-order valence-electron chi connectivity index (χ2n) is 3.75. The second kappa shape index (κ2) is 7.63. The van der Waals surface area contributed by atoms with E-state index in [1.807, 2.05) is 31.3 Å². The van der Waals surface area contributed by atoms with Crippen molar-refractivity contribution in [3.05, 3.63) is 41.5 Å². The van der Waals surface area contributed by atoms with Crippen LogP contribution in [0.3, 0.4) is 0 Å². The molecule has 0 aliphatic carbocycles. The van der Waals surface area contributed by atoms with Crippen molar-refractivity contribution in [3.63, 3.8) is 0 Å². The minimum absolute atomic E-state index is 0.207. The van der Waals surface area contributed by atoms with Crippen LogP contribution < -0.4 is 5.32 Å². The maximum atomic E-state index is 11.3. The number of nitrogens with one attached hydrogen (secondary N) is 1. The maximum absolute atomic E-state index is 11.3.